The van der Waals surface area contributed by atoms with Crippen LogP contribution < -0.4 is 14.4 Å². The maximum Gasteiger partial charge on any atom is 0.414 e. The van der Waals surface area contributed by atoms with Crippen LogP contribution in [0.5, 0.6) is 11.5 Å². The molecule has 1 fully saturated rings. The first-order valence-electron chi connectivity index (χ1n) is 11.0. The molecule has 2 aliphatic rings. The number of piperazine rings is 1. The SMILES string of the molecule is Clc1ccc2[nH]cc(CCN3CCN(c4cccc5c4OCCO5)CC3)c2c1.O=C(O)C(=O)O. The molecule has 2 aliphatic heterocycles. The number of ether oxygens (including phenoxy) is 2. The van der Waals surface area contributed by atoms with Gasteiger partial charge in [-0.1, -0.05) is 17.7 Å². The Hall–Kier alpha value is -3.43. The highest BCUT2D eigenvalue weighted by Crippen LogP contribution is 2.39. The topological polar surface area (TPSA) is 115 Å². The summed E-state index contributed by atoms with van der Waals surface area (Å²) in [5.41, 5.74) is 3.64. The molecule has 1 aromatic heterocycles. The number of para-hydroxylation sites is 1. The van der Waals surface area contributed by atoms with Crippen LogP contribution in [-0.2, 0) is 16.0 Å². The van der Waals surface area contributed by atoms with E-state index in [9.17, 15) is 0 Å². The van der Waals surface area contributed by atoms with Gasteiger partial charge in [0.15, 0.2) is 11.5 Å². The Labute approximate surface area is 201 Å². The molecule has 9 nitrogen and oxygen atoms in total. The molecule has 0 amide bonds. The smallest absolute Gasteiger partial charge is 0.414 e. The van der Waals surface area contributed by atoms with Crippen molar-refractivity contribution in [2.24, 2.45) is 0 Å². The molecule has 3 N–H and O–H groups in total. The molecule has 0 radical (unpaired) electrons. The van der Waals surface area contributed by atoms with Crippen molar-refractivity contribution < 1.29 is 29.3 Å². The predicted octanol–water partition coefficient (Wildman–Crippen LogP) is 3.11. The Morgan fingerprint density at radius 2 is 1.74 bits per heavy atom. The lowest BCUT2D eigenvalue weighted by molar-refractivity contribution is -0.159. The number of rotatable bonds is 4. The van der Waals surface area contributed by atoms with Crippen LogP contribution in [0.15, 0.2) is 42.6 Å². The molecule has 0 bridgehead atoms. The van der Waals surface area contributed by atoms with Crippen LogP contribution in [0.25, 0.3) is 10.9 Å². The van der Waals surface area contributed by atoms with Gasteiger partial charge in [-0.15, -0.1) is 0 Å². The summed E-state index contributed by atoms with van der Waals surface area (Å²) in [4.78, 5) is 26.5. The molecule has 0 atom stereocenters. The highest BCUT2D eigenvalue weighted by molar-refractivity contribution is 6.31. The third-order valence-electron chi connectivity index (χ3n) is 5.87. The molecule has 34 heavy (non-hydrogen) atoms. The van der Waals surface area contributed by atoms with E-state index in [1.54, 1.807) is 0 Å². The number of aromatic nitrogens is 1. The van der Waals surface area contributed by atoms with Crippen molar-refractivity contribution in [3.63, 3.8) is 0 Å². The van der Waals surface area contributed by atoms with E-state index >= 15 is 0 Å². The van der Waals surface area contributed by atoms with Crippen LogP contribution in [-0.4, -0.2) is 78.0 Å². The van der Waals surface area contributed by atoms with Crippen molar-refractivity contribution in [3.05, 3.63) is 53.2 Å². The van der Waals surface area contributed by atoms with Gasteiger partial charge in [-0.2, -0.15) is 0 Å². The Bertz CT molecular complexity index is 1160. The zero-order chi connectivity index (χ0) is 24.1. The van der Waals surface area contributed by atoms with E-state index in [1.807, 2.05) is 18.2 Å². The van der Waals surface area contributed by atoms with Gasteiger partial charge >= 0.3 is 11.9 Å². The van der Waals surface area contributed by atoms with Gasteiger partial charge < -0.3 is 29.6 Å². The summed E-state index contributed by atoms with van der Waals surface area (Å²) in [6.07, 6.45) is 3.14. The fourth-order valence-corrected chi connectivity index (χ4v) is 4.33. The molecular formula is C24H26ClN3O6. The van der Waals surface area contributed by atoms with Crippen LogP contribution in [0, 0.1) is 0 Å². The Balaban J connectivity index is 0.000000408. The number of carbonyl (C=O) groups is 2. The minimum atomic E-state index is -1.82. The number of nitrogens with zero attached hydrogens (tertiary/aromatic N) is 2. The summed E-state index contributed by atoms with van der Waals surface area (Å²) in [5, 5.41) is 16.8. The first-order chi connectivity index (χ1) is 16.4. The molecule has 1 saturated heterocycles. The number of hydrogen-bond acceptors (Lipinski definition) is 6. The van der Waals surface area contributed by atoms with Gasteiger partial charge in [0.25, 0.3) is 0 Å². The van der Waals surface area contributed by atoms with Gasteiger partial charge in [0.1, 0.15) is 13.2 Å². The van der Waals surface area contributed by atoms with Crippen LogP contribution in [0.1, 0.15) is 5.56 Å². The minimum absolute atomic E-state index is 0.624. The second-order valence-electron chi connectivity index (χ2n) is 7.99. The van der Waals surface area contributed by atoms with Crippen molar-refractivity contribution in [2.45, 2.75) is 6.42 Å². The quantitative estimate of drug-likeness (QED) is 0.481. The van der Waals surface area contributed by atoms with Crippen molar-refractivity contribution in [2.75, 3.05) is 50.8 Å². The lowest BCUT2D eigenvalue weighted by Gasteiger charge is -2.37. The second-order valence-corrected chi connectivity index (χ2v) is 8.43. The fraction of sp³-hybridized carbons (Fsp3) is 0.333. The summed E-state index contributed by atoms with van der Waals surface area (Å²) in [5.74, 6) is -1.88. The fourth-order valence-electron chi connectivity index (χ4n) is 4.16. The van der Waals surface area contributed by atoms with Gasteiger partial charge in [0.05, 0.1) is 5.69 Å². The summed E-state index contributed by atoms with van der Waals surface area (Å²) >= 11 is 6.17. The van der Waals surface area contributed by atoms with E-state index in [2.05, 4.69) is 39.2 Å². The Morgan fingerprint density at radius 3 is 2.47 bits per heavy atom. The van der Waals surface area contributed by atoms with Crippen molar-refractivity contribution >= 4 is 40.1 Å². The molecule has 3 heterocycles. The van der Waals surface area contributed by atoms with E-state index in [0.29, 0.717) is 13.2 Å². The molecule has 0 saturated carbocycles. The van der Waals surface area contributed by atoms with Crippen molar-refractivity contribution in [1.82, 2.24) is 9.88 Å². The zero-order valence-electron chi connectivity index (χ0n) is 18.5. The maximum absolute atomic E-state index is 9.10. The third kappa shape index (κ3) is 5.55. The minimum Gasteiger partial charge on any atom is -0.486 e. The van der Waals surface area contributed by atoms with Crippen LogP contribution in [0.2, 0.25) is 5.02 Å². The average molecular weight is 488 g/mol. The number of hydrogen-bond donors (Lipinski definition) is 3. The van der Waals surface area contributed by atoms with Crippen molar-refractivity contribution in [1.29, 1.82) is 0 Å². The van der Waals surface area contributed by atoms with Crippen molar-refractivity contribution in [3.8, 4) is 11.5 Å². The number of anilines is 1. The molecule has 180 valence electrons. The predicted molar refractivity (Wildman–Crippen MR) is 128 cm³/mol. The lowest BCUT2D eigenvalue weighted by atomic mass is 10.1. The standard InChI is InChI=1S/C22H24ClN3O2.C2H2O4/c23-17-4-5-19-18(14-17)16(15-24-19)6-7-25-8-10-26(11-9-25)20-2-1-3-21-22(20)28-13-12-27-21;3-1(4)2(5)6/h1-5,14-15,24H,6-13H2;(H,3,4)(H,5,6). The highest BCUT2D eigenvalue weighted by atomic mass is 35.5. The van der Waals surface area contributed by atoms with E-state index < -0.39 is 11.9 Å². The van der Waals surface area contributed by atoms with Crippen LogP contribution >= 0.6 is 11.6 Å². The van der Waals surface area contributed by atoms with E-state index in [4.69, 9.17) is 40.9 Å². The first kappa shape index (κ1) is 23.7. The number of nitrogens with one attached hydrogen (secondary N) is 1. The number of carboxylic acids is 2. The molecular weight excluding hydrogens is 462 g/mol. The average Bonchev–Trinajstić information content (AvgIpc) is 3.25. The Morgan fingerprint density at radius 1 is 1.00 bits per heavy atom. The van der Waals surface area contributed by atoms with Gasteiger partial charge in [0.2, 0.25) is 0 Å². The largest absolute Gasteiger partial charge is 0.486 e. The van der Waals surface area contributed by atoms with E-state index in [1.165, 1.54) is 10.9 Å². The zero-order valence-corrected chi connectivity index (χ0v) is 19.3. The number of benzene rings is 2. The van der Waals surface area contributed by atoms with Gasteiger partial charge in [0, 0.05) is 54.8 Å². The summed E-state index contributed by atoms with van der Waals surface area (Å²) < 4.78 is 11.6. The first-order valence-corrected chi connectivity index (χ1v) is 11.4. The molecule has 0 unspecified atom stereocenters. The molecule has 0 spiro atoms. The molecule has 3 aromatic rings. The normalized spacial score (nSPS) is 15.5. The van der Waals surface area contributed by atoms with Crippen LogP contribution in [0.3, 0.4) is 0 Å². The number of halogens is 1. The lowest BCUT2D eigenvalue weighted by Crippen LogP contribution is -2.47. The van der Waals surface area contributed by atoms with Gasteiger partial charge in [-0.3, -0.25) is 4.90 Å². The second kappa shape index (κ2) is 10.7. The molecule has 0 aliphatic carbocycles. The van der Waals surface area contributed by atoms with E-state index in [-0.39, 0.29) is 0 Å². The van der Waals surface area contributed by atoms with Gasteiger partial charge in [-0.25, -0.2) is 9.59 Å². The summed E-state index contributed by atoms with van der Waals surface area (Å²) in [6.45, 7) is 6.40. The number of carboxylic acid groups (broad SMARTS) is 2. The number of fused-ring (bicyclic) bond motifs is 2. The van der Waals surface area contributed by atoms with Gasteiger partial charge in [-0.05, 0) is 42.3 Å². The molecule has 5 rings (SSSR count). The van der Waals surface area contributed by atoms with Crippen LogP contribution in [0.4, 0.5) is 5.69 Å². The summed E-state index contributed by atoms with van der Waals surface area (Å²) in [6, 6.07) is 12.2. The van der Waals surface area contributed by atoms with E-state index in [0.717, 1.165) is 66.9 Å². The molecule has 2 aromatic carbocycles. The number of aliphatic carboxylic acids is 2. The molecule has 10 heteroatoms. The monoisotopic (exact) mass is 487 g/mol. The number of aromatic amines is 1. The number of H-pyrrole nitrogens is 1. The summed E-state index contributed by atoms with van der Waals surface area (Å²) in [7, 11) is 0. The highest BCUT2D eigenvalue weighted by Gasteiger charge is 2.23. The third-order valence-corrected chi connectivity index (χ3v) is 6.10. The Kier molecular flexibility index (Phi) is 7.44. The maximum atomic E-state index is 9.10.